The Morgan fingerprint density at radius 1 is 1.00 bits per heavy atom. The average molecular weight is 448 g/mol. The molecule has 0 saturated carbocycles. The van der Waals surface area contributed by atoms with Gasteiger partial charge in [0.15, 0.2) is 11.5 Å². The molecule has 1 aliphatic heterocycles. The smallest absolute Gasteiger partial charge is 0.308 e. The summed E-state index contributed by atoms with van der Waals surface area (Å²) in [5.74, 6) is -0.0866. The average Bonchev–Trinajstić information content (AvgIpc) is 3.02. The predicted molar refractivity (Wildman–Crippen MR) is 124 cm³/mol. The van der Waals surface area contributed by atoms with Gasteiger partial charge >= 0.3 is 5.97 Å². The molecule has 1 heterocycles. The van der Waals surface area contributed by atoms with Gasteiger partial charge in [-0.25, -0.2) is 0 Å². The maximum atomic E-state index is 12.9. The highest BCUT2D eigenvalue weighted by Crippen LogP contribution is 2.35. The van der Waals surface area contributed by atoms with Gasteiger partial charge in [-0.1, -0.05) is 42.5 Å². The van der Waals surface area contributed by atoms with E-state index in [1.165, 1.54) is 11.8 Å². The highest BCUT2D eigenvalue weighted by atomic mass is 32.2. The molecule has 0 radical (unpaired) electrons. The van der Waals surface area contributed by atoms with Gasteiger partial charge in [0.2, 0.25) is 0 Å². The number of carbonyl (C=O) groups excluding carboxylic acids is 3. The van der Waals surface area contributed by atoms with Crippen molar-refractivity contribution in [3.05, 3.63) is 76.7 Å². The summed E-state index contributed by atoms with van der Waals surface area (Å²) >= 11 is 0.906. The summed E-state index contributed by atoms with van der Waals surface area (Å²) in [7, 11) is 0. The molecule has 0 N–H and O–H groups in total. The third-order valence-corrected chi connectivity index (χ3v) is 5.75. The molecule has 2 amide bonds. The Balaban J connectivity index is 1.56. The highest BCUT2D eigenvalue weighted by molar-refractivity contribution is 8.18. The molecule has 0 spiro atoms. The minimum absolute atomic E-state index is 0.211. The molecule has 1 fully saturated rings. The van der Waals surface area contributed by atoms with Gasteiger partial charge in [0, 0.05) is 6.92 Å². The minimum atomic E-state index is -0.450. The maximum absolute atomic E-state index is 12.9. The lowest BCUT2D eigenvalue weighted by atomic mass is 10.1. The second-order valence-electron chi connectivity index (χ2n) is 7.18. The first kappa shape index (κ1) is 21.6. The number of amides is 2. The largest absolute Gasteiger partial charge is 0.490 e. The van der Waals surface area contributed by atoms with E-state index in [1.807, 2.05) is 49.4 Å². The topological polar surface area (TPSA) is 72.9 Å². The Labute approximate surface area is 189 Å². The normalized spacial score (nSPS) is 14.9. The molecule has 0 unspecified atom stereocenters. The molecule has 6 nitrogen and oxygen atoms in total. The minimum Gasteiger partial charge on any atom is -0.490 e. The number of ether oxygens (including phenoxy) is 2. The van der Waals surface area contributed by atoms with E-state index >= 15 is 0 Å². The quantitative estimate of drug-likeness (QED) is 0.286. The monoisotopic (exact) mass is 447 g/mol. The molecule has 1 saturated heterocycles. The molecule has 0 aromatic heterocycles. The summed E-state index contributed by atoms with van der Waals surface area (Å²) in [6.07, 6.45) is 1.64. The van der Waals surface area contributed by atoms with E-state index < -0.39 is 5.97 Å². The van der Waals surface area contributed by atoms with Gasteiger partial charge in [0.1, 0.15) is 0 Å². The molecule has 0 atom stereocenters. The SMILES string of the molecule is CCOc1cc(/C=C2\SC(=O)N(Cc3ccc4ccccc4c3)C2=O)ccc1OC(C)=O. The summed E-state index contributed by atoms with van der Waals surface area (Å²) in [6.45, 7) is 3.74. The zero-order chi connectivity index (χ0) is 22.7. The summed E-state index contributed by atoms with van der Waals surface area (Å²) in [4.78, 5) is 38.3. The molecule has 0 aliphatic carbocycles. The van der Waals surface area contributed by atoms with Crippen LogP contribution in [0.3, 0.4) is 0 Å². The third kappa shape index (κ3) is 4.68. The third-order valence-electron chi connectivity index (χ3n) is 4.85. The molecule has 7 heteroatoms. The van der Waals surface area contributed by atoms with Crippen LogP contribution in [0.15, 0.2) is 65.6 Å². The molecule has 3 aromatic carbocycles. The fraction of sp³-hybridized carbons (Fsp3) is 0.160. The lowest BCUT2D eigenvalue weighted by molar-refractivity contribution is -0.132. The lowest BCUT2D eigenvalue weighted by Crippen LogP contribution is -2.27. The van der Waals surface area contributed by atoms with E-state index in [9.17, 15) is 14.4 Å². The number of esters is 1. The van der Waals surface area contributed by atoms with E-state index in [4.69, 9.17) is 9.47 Å². The Bertz CT molecular complexity index is 1250. The van der Waals surface area contributed by atoms with Gasteiger partial charge in [-0.2, -0.15) is 0 Å². The van der Waals surface area contributed by atoms with Crippen LogP contribution in [0.1, 0.15) is 25.0 Å². The van der Waals surface area contributed by atoms with Crippen molar-refractivity contribution < 1.29 is 23.9 Å². The van der Waals surface area contributed by atoms with Gasteiger partial charge in [-0.05, 0) is 64.9 Å². The van der Waals surface area contributed by atoms with E-state index in [0.29, 0.717) is 28.6 Å². The molecule has 1 aliphatic rings. The van der Waals surface area contributed by atoms with Gasteiger partial charge in [-0.15, -0.1) is 0 Å². The van der Waals surface area contributed by atoms with Gasteiger partial charge in [0.25, 0.3) is 11.1 Å². The molecule has 0 bridgehead atoms. The van der Waals surface area contributed by atoms with Crippen molar-refractivity contribution in [2.45, 2.75) is 20.4 Å². The Kier molecular flexibility index (Phi) is 6.28. The van der Waals surface area contributed by atoms with E-state index in [-0.39, 0.29) is 17.7 Å². The Morgan fingerprint density at radius 3 is 2.53 bits per heavy atom. The molecule has 3 aromatic rings. The zero-order valence-electron chi connectivity index (χ0n) is 17.7. The number of hydrogen-bond acceptors (Lipinski definition) is 6. The number of hydrogen-bond donors (Lipinski definition) is 0. The number of nitrogens with zero attached hydrogens (tertiary/aromatic N) is 1. The fourth-order valence-electron chi connectivity index (χ4n) is 3.43. The second-order valence-corrected chi connectivity index (χ2v) is 8.18. The number of benzene rings is 3. The van der Waals surface area contributed by atoms with Crippen LogP contribution in [0.25, 0.3) is 16.8 Å². The van der Waals surface area contributed by atoms with E-state index in [1.54, 1.807) is 24.3 Å². The van der Waals surface area contributed by atoms with Crippen LogP contribution in [0.4, 0.5) is 4.79 Å². The molecule has 32 heavy (non-hydrogen) atoms. The van der Waals surface area contributed by atoms with Gasteiger partial charge in [0.05, 0.1) is 18.1 Å². The predicted octanol–water partition coefficient (Wildman–Crippen LogP) is 5.40. The Morgan fingerprint density at radius 2 is 1.78 bits per heavy atom. The number of rotatable bonds is 6. The highest BCUT2D eigenvalue weighted by Gasteiger charge is 2.35. The second kappa shape index (κ2) is 9.28. The van der Waals surface area contributed by atoms with Crippen LogP contribution in [-0.2, 0) is 16.1 Å². The van der Waals surface area contributed by atoms with Crippen molar-refractivity contribution in [1.29, 1.82) is 0 Å². The number of thioether (sulfide) groups is 1. The molecular weight excluding hydrogens is 426 g/mol. The summed E-state index contributed by atoms with van der Waals surface area (Å²) in [5.41, 5.74) is 1.55. The van der Waals surface area contributed by atoms with Crippen LogP contribution < -0.4 is 9.47 Å². The number of fused-ring (bicyclic) bond motifs is 1. The fourth-order valence-corrected chi connectivity index (χ4v) is 4.27. The van der Waals surface area contributed by atoms with Crippen molar-refractivity contribution in [2.24, 2.45) is 0 Å². The Hall–Kier alpha value is -3.58. The van der Waals surface area contributed by atoms with Crippen LogP contribution in [-0.4, -0.2) is 28.6 Å². The van der Waals surface area contributed by atoms with Crippen LogP contribution in [0, 0.1) is 0 Å². The first-order valence-corrected chi connectivity index (χ1v) is 10.9. The van der Waals surface area contributed by atoms with Crippen LogP contribution in [0.2, 0.25) is 0 Å². The number of imide groups is 1. The van der Waals surface area contributed by atoms with Crippen LogP contribution >= 0.6 is 11.8 Å². The van der Waals surface area contributed by atoms with E-state index in [0.717, 1.165) is 28.1 Å². The molecule has 162 valence electrons. The zero-order valence-corrected chi connectivity index (χ0v) is 18.5. The standard InChI is InChI=1S/C25H21NO5S/c1-3-30-22-13-17(9-11-21(22)31-16(2)27)14-23-24(28)26(25(29)32-23)15-18-8-10-19-6-4-5-7-20(19)12-18/h4-14H,3,15H2,1-2H3/b23-14-. The first-order valence-electron chi connectivity index (χ1n) is 10.1. The maximum Gasteiger partial charge on any atom is 0.308 e. The number of carbonyl (C=O) groups is 3. The van der Waals surface area contributed by atoms with Gasteiger partial charge < -0.3 is 9.47 Å². The molecule has 4 rings (SSSR count). The summed E-state index contributed by atoms with van der Waals surface area (Å²) in [5, 5.41) is 1.85. The first-order chi connectivity index (χ1) is 15.4. The summed E-state index contributed by atoms with van der Waals surface area (Å²) < 4.78 is 10.7. The van der Waals surface area contributed by atoms with Crippen LogP contribution in [0.5, 0.6) is 11.5 Å². The van der Waals surface area contributed by atoms with E-state index in [2.05, 4.69) is 0 Å². The van der Waals surface area contributed by atoms with Crippen molar-refractivity contribution in [1.82, 2.24) is 4.90 Å². The van der Waals surface area contributed by atoms with Crippen molar-refractivity contribution in [3.63, 3.8) is 0 Å². The lowest BCUT2D eigenvalue weighted by Gasteiger charge is -2.13. The van der Waals surface area contributed by atoms with Gasteiger partial charge in [-0.3, -0.25) is 19.3 Å². The van der Waals surface area contributed by atoms with Crippen molar-refractivity contribution in [2.75, 3.05) is 6.61 Å². The molecular formula is C25H21NO5S. The van der Waals surface area contributed by atoms with Crippen molar-refractivity contribution in [3.8, 4) is 11.5 Å². The van der Waals surface area contributed by atoms with Crippen molar-refractivity contribution >= 4 is 45.7 Å². The summed E-state index contributed by atoms with van der Waals surface area (Å²) in [6, 6.07) is 18.8.